The van der Waals surface area contributed by atoms with Gasteiger partial charge in [0.05, 0.1) is 51.7 Å². The summed E-state index contributed by atoms with van der Waals surface area (Å²) in [7, 11) is -18.1. The Morgan fingerprint density at radius 1 is 0.477 bits per heavy atom. The number of hydrogen-bond donors (Lipinski definition) is 3. The summed E-state index contributed by atoms with van der Waals surface area (Å²) in [6, 6.07) is 0. The average Bonchev–Trinajstić information content (AvgIpc) is 2.93. The molecule has 0 radical (unpaired) electrons. The highest BCUT2D eigenvalue weighted by molar-refractivity contribution is 7.46. The summed E-state index contributed by atoms with van der Waals surface area (Å²) in [5.41, 5.74) is -1.39. The van der Waals surface area contributed by atoms with Crippen molar-refractivity contribution in [1.82, 2.24) is 0 Å². The van der Waals surface area contributed by atoms with Gasteiger partial charge in [0, 0.05) is 26.9 Å². The number of aliphatic hydroxyl groups is 3. The zero-order valence-corrected chi connectivity index (χ0v) is 27.3. The lowest BCUT2D eigenvalue weighted by molar-refractivity contribution is -0.232. The van der Waals surface area contributed by atoms with E-state index >= 15 is 0 Å². The van der Waals surface area contributed by atoms with E-state index in [1.165, 1.54) is 0 Å². The van der Waals surface area contributed by atoms with E-state index in [0.717, 1.165) is 7.11 Å². The third kappa shape index (κ3) is 23.5. The van der Waals surface area contributed by atoms with Crippen molar-refractivity contribution in [3.05, 3.63) is 0 Å². The molecular weight excluding hydrogens is 692 g/mol. The summed E-state index contributed by atoms with van der Waals surface area (Å²) in [6.07, 6.45) is 0.00831. The minimum atomic E-state index is -4.77. The SMILES string of the molecule is COP(=O)([O-])OCC(COCCCOP(=O)([O-])OCO)(COCCCOP(=O)([O-])OCO)COCCCOP(=O)([O-])OCO. The Morgan fingerprint density at radius 2 is 0.795 bits per heavy atom. The van der Waals surface area contributed by atoms with Crippen molar-refractivity contribution in [3.8, 4) is 0 Å². The van der Waals surface area contributed by atoms with E-state index < -0.39 is 63.7 Å². The summed E-state index contributed by atoms with van der Waals surface area (Å²) in [4.78, 5) is 45.9. The monoisotopic (exact) mass is 730 g/mol. The van der Waals surface area contributed by atoms with Gasteiger partial charge in [-0.05, 0) is 19.3 Å². The zero-order valence-electron chi connectivity index (χ0n) is 23.7. The van der Waals surface area contributed by atoms with Crippen LogP contribution in [-0.4, -0.2) is 109 Å². The van der Waals surface area contributed by atoms with Crippen LogP contribution < -0.4 is 19.6 Å². The summed E-state index contributed by atoms with van der Waals surface area (Å²) < 4.78 is 97.4. The maximum atomic E-state index is 11.9. The van der Waals surface area contributed by atoms with Crippen molar-refractivity contribution in [3.63, 3.8) is 0 Å². The Labute approximate surface area is 253 Å². The predicted octanol–water partition coefficient (Wildman–Crippen LogP) is -2.32. The van der Waals surface area contributed by atoms with Crippen LogP contribution in [0.4, 0.5) is 0 Å². The summed E-state index contributed by atoms with van der Waals surface area (Å²) in [5, 5.41) is 25.6. The molecule has 0 saturated carbocycles. The quantitative estimate of drug-likeness (QED) is 0.0383. The molecule has 44 heavy (non-hydrogen) atoms. The van der Waals surface area contributed by atoms with Crippen LogP contribution in [0.3, 0.4) is 0 Å². The molecule has 0 aromatic rings. The predicted molar refractivity (Wildman–Crippen MR) is 134 cm³/mol. The van der Waals surface area contributed by atoms with Gasteiger partial charge in [-0.15, -0.1) is 0 Å². The van der Waals surface area contributed by atoms with Crippen LogP contribution in [0, 0.1) is 5.41 Å². The smallest absolute Gasteiger partial charge is 0.269 e. The van der Waals surface area contributed by atoms with Gasteiger partial charge in [0.2, 0.25) is 0 Å². The van der Waals surface area contributed by atoms with Crippen LogP contribution in [0.2, 0.25) is 0 Å². The first kappa shape index (κ1) is 44.2. The van der Waals surface area contributed by atoms with Crippen molar-refractivity contribution < 1.29 is 104 Å². The van der Waals surface area contributed by atoms with Gasteiger partial charge in [-0.25, -0.2) is 0 Å². The molecule has 0 rings (SSSR count). The molecule has 0 saturated heterocycles. The standard InChI is InChI=1S/C18H42O22P4/c1-30-41(22,23)37-14-18(11-31-5-2-8-34-42(24,25)38-15-19,12-32-6-3-9-35-43(26,27)39-16-20)13-33-7-4-10-36-44(28,29)40-17-21/h19-21H,2-17H2,1H3,(H,22,23)(H,24,25)(H,26,27)(H,28,29)/p-4. The maximum Gasteiger partial charge on any atom is 0.269 e. The van der Waals surface area contributed by atoms with Gasteiger partial charge in [0.25, 0.3) is 31.3 Å². The molecular formula is C18H38O22P4-4. The fourth-order valence-corrected chi connectivity index (χ4v) is 4.96. The molecule has 0 aromatic carbocycles. The van der Waals surface area contributed by atoms with E-state index in [4.69, 9.17) is 34.1 Å². The minimum Gasteiger partial charge on any atom is -0.756 e. The van der Waals surface area contributed by atoms with Crippen molar-refractivity contribution in [1.29, 1.82) is 0 Å². The molecule has 4 unspecified atom stereocenters. The second kappa shape index (κ2) is 23.5. The van der Waals surface area contributed by atoms with E-state index in [-0.39, 0.29) is 78.7 Å². The number of hydrogen-bond acceptors (Lipinski definition) is 22. The third-order valence-electron chi connectivity index (χ3n) is 4.67. The largest absolute Gasteiger partial charge is 0.756 e. The molecule has 266 valence electrons. The molecule has 0 aliphatic heterocycles. The number of ether oxygens (including phenoxy) is 3. The van der Waals surface area contributed by atoms with Crippen molar-refractivity contribution in [2.45, 2.75) is 19.3 Å². The molecule has 0 aliphatic rings. The van der Waals surface area contributed by atoms with Gasteiger partial charge in [0.1, 0.15) is 0 Å². The first-order valence-electron chi connectivity index (χ1n) is 12.4. The van der Waals surface area contributed by atoms with Crippen LogP contribution in [0.15, 0.2) is 0 Å². The fraction of sp³-hybridized carbons (Fsp3) is 1.00. The van der Waals surface area contributed by atoms with Crippen LogP contribution in [0.5, 0.6) is 0 Å². The topological polar surface area (TPSA) is 323 Å². The first-order valence-corrected chi connectivity index (χ1v) is 18.3. The molecule has 22 nitrogen and oxygen atoms in total. The zero-order chi connectivity index (χ0) is 33.6. The van der Waals surface area contributed by atoms with Crippen molar-refractivity contribution in [2.75, 3.05) is 93.6 Å². The van der Waals surface area contributed by atoms with E-state index in [9.17, 15) is 37.8 Å². The molecule has 0 spiro atoms. The molecule has 0 amide bonds. The summed E-state index contributed by atoms with van der Waals surface area (Å²) in [5.74, 6) is 0. The number of phosphoric acid groups is 4. The van der Waals surface area contributed by atoms with Gasteiger partial charge < -0.3 is 71.7 Å². The Morgan fingerprint density at radius 3 is 1.07 bits per heavy atom. The molecule has 0 aromatic heterocycles. The highest BCUT2D eigenvalue weighted by atomic mass is 31.2. The lowest BCUT2D eigenvalue weighted by Gasteiger charge is -2.35. The van der Waals surface area contributed by atoms with Crippen LogP contribution in [0.1, 0.15) is 19.3 Å². The van der Waals surface area contributed by atoms with Gasteiger partial charge in [0.15, 0.2) is 20.4 Å². The number of phosphoric ester groups is 4. The van der Waals surface area contributed by atoms with E-state index in [2.05, 4.69) is 31.7 Å². The van der Waals surface area contributed by atoms with Crippen molar-refractivity contribution >= 4 is 31.3 Å². The Kier molecular flexibility index (Phi) is 23.6. The first-order chi connectivity index (χ1) is 20.6. The van der Waals surface area contributed by atoms with Gasteiger partial charge >= 0.3 is 0 Å². The Hall–Kier alpha value is 0.200. The molecule has 0 aliphatic carbocycles. The van der Waals surface area contributed by atoms with Gasteiger partial charge in [-0.2, -0.15) is 0 Å². The number of rotatable bonds is 31. The van der Waals surface area contributed by atoms with E-state index in [1.807, 2.05) is 0 Å². The third-order valence-corrected chi connectivity index (χ3v) is 8.36. The fourth-order valence-electron chi connectivity index (χ4n) is 2.72. The molecule has 0 heterocycles. The Balaban J connectivity index is 5.29. The van der Waals surface area contributed by atoms with Crippen molar-refractivity contribution in [2.24, 2.45) is 5.41 Å². The average molecular weight is 730 g/mol. The summed E-state index contributed by atoms with van der Waals surface area (Å²) >= 11 is 0. The molecule has 0 fully saturated rings. The number of aliphatic hydroxyl groups excluding tert-OH is 3. The van der Waals surface area contributed by atoms with E-state index in [1.54, 1.807) is 0 Å². The summed E-state index contributed by atoms with van der Waals surface area (Å²) in [6.45, 7) is -6.43. The lowest BCUT2D eigenvalue weighted by Crippen LogP contribution is -2.42. The molecule has 26 heteroatoms. The highest BCUT2D eigenvalue weighted by Crippen LogP contribution is 2.41. The van der Waals surface area contributed by atoms with Crippen LogP contribution in [0.25, 0.3) is 0 Å². The van der Waals surface area contributed by atoms with Crippen LogP contribution in [-0.2, 0) is 68.7 Å². The lowest BCUT2D eigenvalue weighted by atomic mass is 9.92. The second-order valence-electron chi connectivity index (χ2n) is 8.24. The van der Waals surface area contributed by atoms with E-state index in [0.29, 0.717) is 0 Å². The molecule has 3 N–H and O–H groups in total. The molecule has 4 atom stereocenters. The maximum absolute atomic E-state index is 11.9. The highest BCUT2D eigenvalue weighted by Gasteiger charge is 2.34. The molecule has 0 bridgehead atoms. The van der Waals surface area contributed by atoms with Gasteiger partial charge in [-0.3, -0.25) is 31.8 Å². The Bertz CT molecular complexity index is 844. The second-order valence-corrected chi connectivity index (χ2v) is 14.0. The van der Waals surface area contributed by atoms with Crippen LogP contribution >= 0.6 is 31.3 Å². The van der Waals surface area contributed by atoms with Gasteiger partial charge in [-0.1, -0.05) is 0 Å². The normalized spacial score (nSPS) is 19.0. The minimum absolute atomic E-state index is 0.00277.